The van der Waals surface area contributed by atoms with Crippen molar-refractivity contribution >= 4 is 5.82 Å². The Morgan fingerprint density at radius 3 is 2.81 bits per heavy atom. The quantitative estimate of drug-likeness (QED) is 0.839. The van der Waals surface area contributed by atoms with E-state index in [2.05, 4.69) is 35.2 Å². The second-order valence-corrected chi connectivity index (χ2v) is 4.58. The monoisotopic (exact) mass is 222 g/mol. The number of nitrogens with zero attached hydrogens (tertiary/aromatic N) is 3. The Hall–Kier alpha value is -1.03. The van der Waals surface area contributed by atoms with Crippen molar-refractivity contribution in [1.82, 2.24) is 15.1 Å². The first-order valence-corrected chi connectivity index (χ1v) is 6.24. The first-order chi connectivity index (χ1) is 7.74. The molecule has 0 bridgehead atoms. The summed E-state index contributed by atoms with van der Waals surface area (Å²) in [6.07, 6.45) is 4.37. The number of hydrogen-bond acceptors (Lipinski definition) is 3. The van der Waals surface area contributed by atoms with Gasteiger partial charge < -0.3 is 10.2 Å². The van der Waals surface area contributed by atoms with Gasteiger partial charge >= 0.3 is 0 Å². The molecule has 1 aliphatic rings. The number of nitrogens with one attached hydrogen (secondary N) is 1. The highest BCUT2D eigenvalue weighted by Crippen LogP contribution is 2.19. The second kappa shape index (κ2) is 4.87. The lowest BCUT2D eigenvalue weighted by molar-refractivity contribution is 0.376. The fraction of sp³-hybridized carbons (Fsp3) is 0.750. The molecule has 4 nitrogen and oxygen atoms in total. The molecule has 1 aromatic rings. The minimum atomic E-state index is 0.581. The van der Waals surface area contributed by atoms with Gasteiger partial charge in [-0.1, -0.05) is 13.8 Å². The first-order valence-electron chi connectivity index (χ1n) is 6.24. The van der Waals surface area contributed by atoms with Crippen molar-refractivity contribution < 1.29 is 0 Å². The number of aryl methyl sites for hydroxylation is 1. The van der Waals surface area contributed by atoms with Crippen LogP contribution in [-0.4, -0.2) is 35.0 Å². The number of piperazine rings is 1. The molecule has 0 saturated carbocycles. The van der Waals surface area contributed by atoms with E-state index in [0.717, 1.165) is 18.9 Å². The van der Waals surface area contributed by atoms with Crippen LogP contribution in [0.2, 0.25) is 0 Å². The predicted octanol–water partition coefficient (Wildman–Crippen LogP) is 1.39. The van der Waals surface area contributed by atoms with E-state index in [1.54, 1.807) is 0 Å². The van der Waals surface area contributed by atoms with E-state index in [1.165, 1.54) is 12.8 Å². The number of hydrogen-bond donors (Lipinski definition) is 1. The maximum absolute atomic E-state index is 4.52. The Kier molecular flexibility index (Phi) is 3.49. The summed E-state index contributed by atoms with van der Waals surface area (Å²) in [5.41, 5.74) is 0. The van der Waals surface area contributed by atoms with Crippen LogP contribution >= 0.6 is 0 Å². The van der Waals surface area contributed by atoms with E-state index in [1.807, 2.05) is 17.9 Å². The number of rotatable bonds is 3. The van der Waals surface area contributed by atoms with Gasteiger partial charge in [0.15, 0.2) is 5.82 Å². The SMILES string of the molecule is CCC1CN(c2ccn(C)n2)C(CC)CN1. The van der Waals surface area contributed by atoms with E-state index in [-0.39, 0.29) is 0 Å². The van der Waals surface area contributed by atoms with Gasteiger partial charge in [0, 0.05) is 44.5 Å². The summed E-state index contributed by atoms with van der Waals surface area (Å²) in [5, 5.41) is 8.12. The molecule has 16 heavy (non-hydrogen) atoms. The highest BCUT2D eigenvalue weighted by atomic mass is 15.4. The van der Waals surface area contributed by atoms with Gasteiger partial charge in [0.2, 0.25) is 0 Å². The highest BCUT2D eigenvalue weighted by molar-refractivity contribution is 5.39. The molecule has 2 heterocycles. The van der Waals surface area contributed by atoms with Crippen LogP contribution in [-0.2, 0) is 7.05 Å². The van der Waals surface area contributed by atoms with E-state index < -0.39 is 0 Å². The maximum atomic E-state index is 4.52. The van der Waals surface area contributed by atoms with Crippen LogP contribution in [0.25, 0.3) is 0 Å². The Bertz CT molecular complexity index is 334. The molecule has 4 heteroatoms. The summed E-state index contributed by atoms with van der Waals surface area (Å²) in [4.78, 5) is 2.45. The van der Waals surface area contributed by atoms with Gasteiger partial charge in [0.25, 0.3) is 0 Å². The van der Waals surface area contributed by atoms with Crippen LogP contribution in [0.5, 0.6) is 0 Å². The summed E-state index contributed by atoms with van der Waals surface area (Å²) in [5.74, 6) is 1.12. The Balaban J connectivity index is 2.14. The third kappa shape index (κ3) is 2.21. The molecule has 2 unspecified atom stereocenters. The van der Waals surface area contributed by atoms with Crippen LogP contribution in [0.1, 0.15) is 26.7 Å². The van der Waals surface area contributed by atoms with Gasteiger partial charge in [-0.2, -0.15) is 5.10 Å². The Labute approximate surface area is 97.6 Å². The summed E-state index contributed by atoms with van der Waals surface area (Å²) in [7, 11) is 1.98. The standard InChI is InChI=1S/C12H22N4/c1-4-10-9-16(11(5-2)8-13-10)12-6-7-15(3)14-12/h6-7,10-11,13H,4-5,8-9H2,1-3H3. The van der Waals surface area contributed by atoms with Crippen molar-refractivity contribution in [1.29, 1.82) is 0 Å². The predicted molar refractivity (Wildman–Crippen MR) is 66.7 cm³/mol. The van der Waals surface area contributed by atoms with Crippen LogP contribution in [0.3, 0.4) is 0 Å². The van der Waals surface area contributed by atoms with Gasteiger partial charge in [-0.3, -0.25) is 4.68 Å². The zero-order valence-corrected chi connectivity index (χ0v) is 10.5. The van der Waals surface area contributed by atoms with Crippen LogP contribution < -0.4 is 10.2 Å². The number of aromatic nitrogens is 2. The minimum Gasteiger partial charge on any atom is -0.349 e. The second-order valence-electron chi connectivity index (χ2n) is 4.58. The van der Waals surface area contributed by atoms with Crippen molar-refractivity contribution in [2.45, 2.75) is 38.8 Å². The lowest BCUT2D eigenvalue weighted by Gasteiger charge is -2.40. The molecule has 1 aromatic heterocycles. The molecule has 2 rings (SSSR count). The molecule has 90 valence electrons. The van der Waals surface area contributed by atoms with Crippen molar-refractivity contribution in [3.8, 4) is 0 Å². The van der Waals surface area contributed by atoms with Gasteiger partial charge in [0.05, 0.1) is 0 Å². The first kappa shape index (κ1) is 11.5. The topological polar surface area (TPSA) is 33.1 Å². The smallest absolute Gasteiger partial charge is 0.150 e. The largest absolute Gasteiger partial charge is 0.349 e. The van der Waals surface area contributed by atoms with E-state index in [4.69, 9.17) is 0 Å². The number of anilines is 1. The highest BCUT2D eigenvalue weighted by Gasteiger charge is 2.27. The Morgan fingerprint density at radius 1 is 1.44 bits per heavy atom. The van der Waals surface area contributed by atoms with Gasteiger partial charge in [-0.05, 0) is 12.8 Å². The van der Waals surface area contributed by atoms with Crippen molar-refractivity contribution in [3.63, 3.8) is 0 Å². The molecule has 0 spiro atoms. The van der Waals surface area contributed by atoms with Crippen LogP contribution in [0.15, 0.2) is 12.3 Å². The average molecular weight is 222 g/mol. The van der Waals surface area contributed by atoms with Crippen LogP contribution in [0.4, 0.5) is 5.82 Å². The van der Waals surface area contributed by atoms with Crippen molar-refractivity contribution in [2.24, 2.45) is 7.05 Å². The Morgan fingerprint density at radius 2 is 2.25 bits per heavy atom. The maximum Gasteiger partial charge on any atom is 0.150 e. The molecule has 0 aromatic carbocycles. The zero-order valence-electron chi connectivity index (χ0n) is 10.5. The minimum absolute atomic E-state index is 0.581. The van der Waals surface area contributed by atoms with Crippen molar-refractivity contribution in [2.75, 3.05) is 18.0 Å². The molecule has 1 aliphatic heterocycles. The zero-order chi connectivity index (χ0) is 11.5. The summed E-state index contributed by atoms with van der Waals surface area (Å²) in [6, 6.07) is 3.29. The van der Waals surface area contributed by atoms with Crippen molar-refractivity contribution in [3.05, 3.63) is 12.3 Å². The molecule has 1 fully saturated rings. The molecule has 0 aliphatic carbocycles. The van der Waals surface area contributed by atoms with Crippen LogP contribution in [0, 0.1) is 0 Å². The molecule has 2 atom stereocenters. The van der Waals surface area contributed by atoms with E-state index in [9.17, 15) is 0 Å². The van der Waals surface area contributed by atoms with Gasteiger partial charge in [0.1, 0.15) is 0 Å². The lowest BCUT2D eigenvalue weighted by Crippen LogP contribution is -2.56. The van der Waals surface area contributed by atoms with Gasteiger partial charge in [-0.15, -0.1) is 0 Å². The molecule has 0 amide bonds. The molecule has 0 radical (unpaired) electrons. The summed E-state index contributed by atoms with van der Waals surface area (Å²) in [6.45, 7) is 6.63. The third-order valence-electron chi connectivity index (χ3n) is 3.46. The normalized spacial score (nSPS) is 26.1. The molecule has 1 saturated heterocycles. The lowest BCUT2D eigenvalue weighted by atomic mass is 10.1. The molecular weight excluding hydrogens is 200 g/mol. The fourth-order valence-electron chi connectivity index (χ4n) is 2.34. The summed E-state index contributed by atoms with van der Waals surface area (Å²) < 4.78 is 1.88. The fourth-order valence-corrected chi connectivity index (χ4v) is 2.34. The average Bonchev–Trinajstić information content (AvgIpc) is 2.75. The molecular formula is C12H22N4. The molecule has 1 N–H and O–H groups in total. The third-order valence-corrected chi connectivity index (χ3v) is 3.46. The van der Waals surface area contributed by atoms with E-state index in [0.29, 0.717) is 12.1 Å². The van der Waals surface area contributed by atoms with Gasteiger partial charge in [-0.25, -0.2) is 0 Å². The summed E-state index contributed by atoms with van der Waals surface area (Å²) >= 11 is 0. The van der Waals surface area contributed by atoms with E-state index >= 15 is 0 Å².